The number of hydrogen-bond acceptors (Lipinski definition) is 12. The summed E-state index contributed by atoms with van der Waals surface area (Å²) < 4.78 is 24.4. The summed E-state index contributed by atoms with van der Waals surface area (Å²) in [5.74, 6) is 1.88. The Kier molecular flexibility index (Phi) is 13.3. The minimum absolute atomic E-state index is 0.0533. The molecule has 4 aromatic carbocycles. The fourth-order valence-corrected chi connectivity index (χ4v) is 10.7. The molecule has 2 spiro atoms. The lowest BCUT2D eigenvalue weighted by Gasteiger charge is -2.39. The molecule has 0 radical (unpaired) electrons. The van der Waals surface area contributed by atoms with Crippen molar-refractivity contribution in [3.8, 4) is 11.5 Å². The van der Waals surface area contributed by atoms with E-state index in [9.17, 15) is 30.6 Å². The first-order chi connectivity index (χ1) is 30.7. The fraction of sp³-hybridized carbons (Fsp3) is 0.520. The van der Waals surface area contributed by atoms with Gasteiger partial charge in [0.2, 0.25) is 0 Å². The molecule has 11 atom stereocenters. The van der Waals surface area contributed by atoms with Crippen molar-refractivity contribution >= 4 is 28.9 Å². The van der Waals surface area contributed by atoms with Crippen molar-refractivity contribution in [1.82, 2.24) is 5.32 Å². The van der Waals surface area contributed by atoms with Crippen LogP contribution in [-0.4, -0.2) is 110 Å². The number of aryl methyl sites for hydroxylation is 1. The number of halogens is 2. The molecular weight excluding hydrogens is 859 g/mol. The van der Waals surface area contributed by atoms with Gasteiger partial charge in [0.05, 0.1) is 24.4 Å². The summed E-state index contributed by atoms with van der Waals surface area (Å²) in [6.07, 6.45) is -0.889. The minimum Gasteiger partial charge on any atom is -0.486 e. The smallest absolute Gasteiger partial charge is 0.143 e. The van der Waals surface area contributed by atoms with Crippen molar-refractivity contribution in [2.24, 2.45) is 0 Å². The maximum Gasteiger partial charge on any atom is 0.143 e. The first-order valence-corrected chi connectivity index (χ1v) is 23.5. The Balaban J connectivity index is 0.000000162. The van der Waals surface area contributed by atoms with Gasteiger partial charge in [0.15, 0.2) is 0 Å². The molecule has 0 amide bonds. The van der Waals surface area contributed by atoms with Crippen molar-refractivity contribution in [2.45, 2.75) is 144 Å². The fourth-order valence-electron chi connectivity index (χ4n) is 10.4. The Labute approximate surface area is 384 Å². The number of ether oxygens (including phenoxy) is 4. The lowest BCUT2D eigenvalue weighted by atomic mass is 9.88. The number of rotatable bonds is 6. The number of nitrogens with one attached hydrogen (secondary N) is 2. The van der Waals surface area contributed by atoms with Gasteiger partial charge in [0.1, 0.15) is 71.5 Å². The molecule has 4 fully saturated rings. The number of aliphatic hydroxyl groups excluding tert-OH is 6. The molecule has 0 bridgehead atoms. The lowest BCUT2D eigenvalue weighted by molar-refractivity contribution is -0.219. The zero-order chi connectivity index (χ0) is 44.9. The SMILES string of the molecule is C[C@H]1O[C@@H](c2ccc(Cl)c(Cc3ccc4c(c3)CCC3(CCNC3)O4)c2)[C@H](O)[C@@H](O)[C@@H]1O.C[C@H]1O[C@@H](c2ccc(Cl)c(Cc3ccc4c(c3)NCC3(CCCC3)O4)c2)[C@H](O)[C@@H](O)[C@@H]1O. The van der Waals surface area contributed by atoms with E-state index < -0.39 is 61.0 Å². The molecule has 5 heterocycles. The number of anilines is 1. The monoisotopic (exact) mass is 918 g/mol. The molecule has 8 N–H and O–H groups in total. The number of hydrogen-bond donors (Lipinski definition) is 8. The second kappa shape index (κ2) is 18.6. The van der Waals surface area contributed by atoms with Crippen LogP contribution in [0.4, 0.5) is 5.69 Å². The largest absolute Gasteiger partial charge is 0.486 e. The van der Waals surface area contributed by atoms with E-state index in [0.29, 0.717) is 22.9 Å². The van der Waals surface area contributed by atoms with Gasteiger partial charge in [-0.25, -0.2) is 0 Å². The third-order valence-corrected chi connectivity index (χ3v) is 15.0. The summed E-state index contributed by atoms with van der Waals surface area (Å²) >= 11 is 13.0. The van der Waals surface area contributed by atoms with Gasteiger partial charge >= 0.3 is 0 Å². The maximum atomic E-state index is 10.5. The van der Waals surface area contributed by atoms with E-state index in [1.54, 1.807) is 38.1 Å². The lowest BCUT2D eigenvalue weighted by Crippen LogP contribution is -2.53. The molecular formula is C50H60Cl2N2O10. The summed E-state index contributed by atoms with van der Waals surface area (Å²) in [5, 5.41) is 69.4. The zero-order valence-electron chi connectivity index (χ0n) is 36.3. The highest BCUT2D eigenvalue weighted by Crippen LogP contribution is 2.43. The Hall–Kier alpha value is -3.50. The predicted molar refractivity (Wildman–Crippen MR) is 244 cm³/mol. The molecule has 344 valence electrons. The van der Waals surface area contributed by atoms with E-state index in [1.807, 2.05) is 18.2 Å². The quantitative estimate of drug-likeness (QED) is 0.111. The van der Waals surface area contributed by atoms with Crippen LogP contribution in [0.15, 0.2) is 72.8 Å². The van der Waals surface area contributed by atoms with Crippen LogP contribution < -0.4 is 20.1 Å². The average molecular weight is 920 g/mol. The van der Waals surface area contributed by atoms with Crippen LogP contribution in [0.25, 0.3) is 0 Å². The average Bonchev–Trinajstić information content (AvgIpc) is 3.96. The first-order valence-electron chi connectivity index (χ1n) is 22.7. The summed E-state index contributed by atoms with van der Waals surface area (Å²) in [5.41, 5.74) is 7.62. The molecule has 0 aromatic heterocycles. The van der Waals surface area contributed by atoms with E-state index in [2.05, 4.69) is 41.0 Å². The molecule has 5 aliphatic heterocycles. The minimum atomic E-state index is -1.27. The van der Waals surface area contributed by atoms with Crippen LogP contribution in [0.5, 0.6) is 11.5 Å². The van der Waals surface area contributed by atoms with E-state index >= 15 is 0 Å². The molecule has 1 unspecified atom stereocenters. The Morgan fingerprint density at radius 2 is 1.11 bits per heavy atom. The highest BCUT2D eigenvalue weighted by atomic mass is 35.5. The van der Waals surface area contributed by atoms with E-state index in [0.717, 1.165) is 102 Å². The third kappa shape index (κ3) is 9.26. The third-order valence-electron chi connectivity index (χ3n) is 14.3. The summed E-state index contributed by atoms with van der Waals surface area (Å²) in [6, 6.07) is 23.5. The van der Waals surface area contributed by atoms with Crippen LogP contribution in [0, 0.1) is 0 Å². The molecule has 10 rings (SSSR count). The molecule has 12 nitrogen and oxygen atoms in total. The van der Waals surface area contributed by atoms with Crippen molar-refractivity contribution in [3.63, 3.8) is 0 Å². The summed E-state index contributed by atoms with van der Waals surface area (Å²) in [4.78, 5) is 0. The van der Waals surface area contributed by atoms with Gasteiger partial charge in [-0.3, -0.25) is 0 Å². The molecule has 1 aliphatic carbocycles. The van der Waals surface area contributed by atoms with Gasteiger partial charge in [-0.2, -0.15) is 0 Å². The van der Waals surface area contributed by atoms with Crippen molar-refractivity contribution in [3.05, 3.63) is 122 Å². The van der Waals surface area contributed by atoms with Crippen LogP contribution >= 0.6 is 23.2 Å². The van der Waals surface area contributed by atoms with E-state index in [-0.39, 0.29) is 11.2 Å². The van der Waals surface area contributed by atoms with Crippen LogP contribution in [0.2, 0.25) is 10.0 Å². The van der Waals surface area contributed by atoms with Gasteiger partial charge in [0.25, 0.3) is 0 Å². The molecule has 64 heavy (non-hydrogen) atoms. The highest BCUT2D eigenvalue weighted by molar-refractivity contribution is 6.31. The highest BCUT2D eigenvalue weighted by Gasteiger charge is 2.44. The number of aliphatic hydroxyl groups is 6. The second-order valence-electron chi connectivity index (χ2n) is 18.9. The molecule has 6 aliphatic rings. The Morgan fingerprint density at radius 3 is 1.67 bits per heavy atom. The summed E-state index contributed by atoms with van der Waals surface area (Å²) in [7, 11) is 0. The molecule has 14 heteroatoms. The number of benzene rings is 4. The Bertz CT molecular complexity index is 2140. The van der Waals surface area contributed by atoms with Gasteiger partial charge in [0, 0.05) is 23.0 Å². The van der Waals surface area contributed by atoms with Crippen LogP contribution in [0.1, 0.15) is 104 Å². The van der Waals surface area contributed by atoms with Crippen molar-refractivity contribution < 1.29 is 49.6 Å². The standard InChI is InChI=1S/2C25H30ClNO5/c1-14-21(28)22(29)23(30)24(31-14)17-3-4-19(26)18(12-17)11-15-2-5-20-16(10-15)6-7-25(32-20)8-9-27-13-25;1-14-21(28)22(29)23(30)24(31-14)16-5-6-18(26)17(12-16)10-15-4-7-20-19(11-15)27-13-25(32-20)8-2-3-9-25/h2-5,10,12,14,21-24,27-30H,6-9,11,13H2,1H3;4-7,11-12,14,21-24,27-30H,2-3,8-10,13H2,1H3/t14-,21-,22+,23-,24+,25?;14-,21-,22+,23-,24+/m11/s1. The van der Waals surface area contributed by atoms with Crippen molar-refractivity contribution in [2.75, 3.05) is 25.0 Å². The van der Waals surface area contributed by atoms with E-state index in [4.69, 9.17) is 42.1 Å². The normalized spacial score (nSPS) is 32.7. The first kappa shape index (κ1) is 45.6. The molecule has 3 saturated heterocycles. The van der Waals surface area contributed by atoms with Gasteiger partial charge in [-0.15, -0.1) is 0 Å². The van der Waals surface area contributed by atoms with Gasteiger partial charge in [-0.05, 0) is 141 Å². The van der Waals surface area contributed by atoms with Crippen molar-refractivity contribution in [1.29, 1.82) is 0 Å². The maximum absolute atomic E-state index is 10.5. The summed E-state index contributed by atoms with van der Waals surface area (Å²) in [6.45, 7) is 6.13. The predicted octanol–water partition coefficient (Wildman–Crippen LogP) is 6.12. The molecule has 4 aromatic rings. The second-order valence-corrected chi connectivity index (χ2v) is 19.7. The van der Waals surface area contributed by atoms with Crippen LogP contribution in [-0.2, 0) is 28.7 Å². The zero-order valence-corrected chi connectivity index (χ0v) is 37.8. The van der Waals surface area contributed by atoms with Gasteiger partial charge < -0.3 is 60.2 Å². The van der Waals surface area contributed by atoms with Crippen LogP contribution in [0.3, 0.4) is 0 Å². The number of fused-ring (bicyclic) bond motifs is 2. The Morgan fingerprint density at radius 1 is 0.578 bits per heavy atom. The van der Waals surface area contributed by atoms with E-state index in [1.165, 1.54) is 18.4 Å². The topological polar surface area (TPSA) is 182 Å². The molecule has 1 saturated carbocycles. The van der Waals surface area contributed by atoms with Gasteiger partial charge in [-0.1, -0.05) is 65.7 Å².